The highest BCUT2D eigenvalue weighted by atomic mass is 35.5. The van der Waals surface area contributed by atoms with Gasteiger partial charge in [-0.05, 0) is 81.3 Å². The molecule has 0 aliphatic rings. The SMILES string of the molecule is CCN(CC)c1ccc(C(c2ccc(N(CC)CC)cc2)c2coc3ccc(Cl)cc3c2=O)cc1. The first-order chi connectivity index (χ1) is 17.0. The Labute approximate surface area is 212 Å². The average molecular weight is 489 g/mol. The van der Waals surface area contributed by atoms with Crippen LogP contribution in [0.15, 0.2) is 82.2 Å². The predicted molar refractivity (Wildman–Crippen MR) is 148 cm³/mol. The van der Waals surface area contributed by atoms with Crippen LogP contribution < -0.4 is 15.2 Å². The van der Waals surface area contributed by atoms with Crippen molar-refractivity contribution in [1.29, 1.82) is 0 Å². The summed E-state index contributed by atoms with van der Waals surface area (Å²) >= 11 is 6.22. The van der Waals surface area contributed by atoms with E-state index in [1.807, 2.05) is 0 Å². The molecule has 182 valence electrons. The van der Waals surface area contributed by atoms with Gasteiger partial charge in [-0.15, -0.1) is 0 Å². The summed E-state index contributed by atoms with van der Waals surface area (Å²) in [6, 6.07) is 22.2. The van der Waals surface area contributed by atoms with Crippen molar-refractivity contribution in [3.8, 4) is 0 Å². The molecule has 0 aliphatic heterocycles. The molecule has 0 amide bonds. The minimum atomic E-state index is -0.258. The zero-order chi connectivity index (χ0) is 24.9. The second-order valence-corrected chi connectivity index (χ2v) is 9.06. The van der Waals surface area contributed by atoms with Crippen molar-refractivity contribution in [2.45, 2.75) is 33.6 Å². The van der Waals surface area contributed by atoms with Crippen LogP contribution in [0.5, 0.6) is 0 Å². The Bertz CT molecular complexity index is 1270. The second kappa shape index (κ2) is 11.0. The predicted octanol–water partition coefficient (Wildman–Crippen LogP) is 7.32. The molecule has 0 unspecified atom stereocenters. The third-order valence-corrected chi connectivity index (χ3v) is 7.02. The van der Waals surface area contributed by atoms with Gasteiger partial charge >= 0.3 is 0 Å². The summed E-state index contributed by atoms with van der Waals surface area (Å²) in [5.41, 5.74) is 5.52. The summed E-state index contributed by atoms with van der Waals surface area (Å²) in [5.74, 6) is -0.258. The molecule has 1 heterocycles. The van der Waals surface area contributed by atoms with Gasteiger partial charge in [-0.2, -0.15) is 0 Å². The molecule has 0 radical (unpaired) electrons. The molecule has 5 heteroatoms. The lowest BCUT2D eigenvalue weighted by molar-refractivity contribution is 0.590. The highest BCUT2D eigenvalue weighted by Gasteiger charge is 2.22. The molecule has 0 bridgehead atoms. The Morgan fingerprint density at radius 3 is 1.69 bits per heavy atom. The lowest BCUT2D eigenvalue weighted by atomic mass is 9.85. The number of benzene rings is 3. The van der Waals surface area contributed by atoms with E-state index in [1.165, 1.54) is 11.4 Å². The highest BCUT2D eigenvalue weighted by molar-refractivity contribution is 6.31. The van der Waals surface area contributed by atoms with Gasteiger partial charge in [0.05, 0.1) is 11.6 Å². The first-order valence-electron chi connectivity index (χ1n) is 12.4. The third kappa shape index (κ3) is 5.08. The maximum Gasteiger partial charge on any atom is 0.196 e. The maximum atomic E-state index is 13.7. The first-order valence-corrected chi connectivity index (χ1v) is 12.8. The van der Waals surface area contributed by atoms with Gasteiger partial charge < -0.3 is 14.2 Å². The van der Waals surface area contributed by atoms with Crippen LogP contribution in [0.1, 0.15) is 50.3 Å². The molecule has 0 spiro atoms. The van der Waals surface area contributed by atoms with E-state index in [0.29, 0.717) is 21.6 Å². The number of halogens is 1. The lowest BCUT2D eigenvalue weighted by Crippen LogP contribution is -2.22. The van der Waals surface area contributed by atoms with Gasteiger partial charge in [-0.1, -0.05) is 35.9 Å². The van der Waals surface area contributed by atoms with Gasteiger partial charge in [0.1, 0.15) is 5.58 Å². The summed E-state index contributed by atoms with van der Waals surface area (Å²) in [6.45, 7) is 12.4. The van der Waals surface area contributed by atoms with Gasteiger partial charge in [-0.25, -0.2) is 0 Å². The van der Waals surface area contributed by atoms with Crippen LogP contribution in [0.25, 0.3) is 11.0 Å². The molecule has 4 aromatic rings. The zero-order valence-electron chi connectivity index (χ0n) is 20.9. The van der Waals surface area contributed by atoms with E-state index < -0.39 is 0 Å². The molecule has 0 saturated carbocycles. The first kappa shape index (κ1) is 24.9. The van der Waals surface area contributed by atoms with Crippen LogP contribution in [-0.4, -0.2) is 26.2 Å². The Kier molecular flexibility index (Phi) is 7.82. The van der Waals surface area contributed by atoms with Crippen molar-refractivity contribution in [3.05, 3.63) is 105 Å². The number of fused-ring (bicyclic) bond motifs is 1. The largest absolute Gasteiger partial charge is 0.464 e. The molecule has 0 saturated heterocycles. The van der Waals surface area contributed by atoms with Crippen molar-refractivity contribution >= 4 is 33.9 Å². The fraction of sp³-hybridized carbons (Fsp3) is 0.300. The lowest BCUT2D eigenvalue weighted by Gasteiger charge is -2.24. The number of anilines is 2. The summed E-state index contributed by atoms with van der Waals surface area (Å²) in [5, 5.41) is 1.02. The molecule has 35 heavy (non-hydrogen) atoms. The molecule has 0 atom stereocenters. The van der Waals surface area contributed by atoms with Crippen LogP contribution in [0.4, 0.5) is 11.4 Å². The van der Waals surface area contributed by atoms with Crippen molar-refractivity contribution in [2.24, 2.45) is 0 Å². The molecule has 3 aromatic carbocycles. The van der Waals surface area contributed by atoms with E-state index in [-0.39, 0.29) is 11.3 Å². The van der Waals surface area contributed by atoms with Gasteiger partial charge in [0.15, 0.2) is 5.43 Å². The Morgan fingerprint density at radius 2 is 1.23 bits per heavy atom. The van der Waals surface area contributed by atoms with Crippen molar-refractivity contribution in [2.75, 3.05) is 36.0 Å². The van der Waals surface area contributed by atoms with Crippen molar-refractivity contribution in [1.82, 2.24) is 0 Å². The van der Waals surface area contributed by atoms with Gasteiger partial charge in [0, 0.05) is 54.1 Å². The number of hydrogen-bond donors (Lipinski definition) is 0. The van der Waals surface area contributed by atoms with Crippen LogP contribution in [0, 0.1) is 0 Å². The molecular weight excluding hydrogens is 456 g/mol. The van der Waals surface area contributed by atoms with E-state index in [1.54, 1.807) is 24.5 Å². The second-order valence-electron chi connectivity index (χ2n) is 8.62. The van der Waals surface area contributed by atoms with E-state index in [2.05, 4.69) is 86.0 Å². The van der Waals surface area contributed by atoms with E-state index in [4.69, 9.17) is 16.0 Å². The van der Waals surface area contributed by atoms with Crippen LogP contribution >= 0.6 is 11.6 Å². The molecule has 4 rings (SSSR count). The summed E-state index contributed by atoms with van der Waals surface area (Å²) in [7, 11) is 0. The minimum absolute atomic E-state index is 0.0561. The monoisotopic (exact) mass is 488 g/mol. The fourth-order valence-electron chi connectivity index (χ4n) is 4.80. The van der Waals surface area contributed by atoms with E-state index in [0.717, 1.165) is 37.3 Å². The standard InChI is InChI=1S/C30H33ClN2O2/c1-5-32(6-2)24-14-9-21(10-15-24)29(22-11-16-25(17-12-22)33(7-3)8-4)27-20-35-28-18-13-23(31)19-26(28)30(27)34/h9-20,29H,5-8H2,1-4H3. The zero-order valence-corrected chi connectivity index (χ0v) is 21.7. The molecule has 1 aromatic heterocycles. The summed E-state index contributed by atoms with van der Waals surface area (Å²) in [6.07, 6.45) is 1.61. The Hall–Kier alpha value is -3.24. The average Bonchev–Trinajstić information content (AvgIpc) is 2.89. The maximum absolute atomic E-state index is 13.7. The molecule has 4 nitrogen and oxygen atoms in total. The number of hydrogen-bond acceptors (Lipinski definition) is 4. The van der Waals surface area contributed by atoms with Crippen LogP contribution in [-0.2, 0) is 0 Å². The fourth-order valence-corrected chi connectivity index (χ4v) is 4.97. The third-order valence-electron chi connectivity index (χ3n) is 6.78. The highest BCUT2D eigenvalue weighted by Crippen LogP contribution is 2.34. The normalized spacial score (nSPS) is 11.3. The number of nitrogens with zero attached hydrogens (tertiary/aromatic N) is 2. The summed E-state index contributed by atoms with van der Waals surface area (Å²) < 4.78 is 5.92. The topological polar surface area (TPSA) is 36.7 Å². The van der Waals surface area contributed by atoms with E-state index >= 15 is 0 Å². The molecule has 0 aliphatic carbocycles. The molecule has 0 fully saturated rings. The smallest absolute Gasteiger partial charge is 0.196 e. The van der Waals surface area contributed by atoms with Crippen LogP contribution in [0.3, 0.4) is 0 Å². The van der Waals surface area contributed by atoms with Crippen molar-refractivity contribution < 1.29 is 4.42 Å². The van der Waals surface area contributed by atoms with Gasteiger partial charge in [0.25, 0.3) is 0 Å². The molecule has 0 N–H and O–H groups in total. The minimum Gasteiger partial charge on any atom is -0.464 e. The molecular formula is C30H33ClN2O2. The van der Waals surface area contributed by atoms with Crippen LogP contribution in [0.2, 0.25) is 5.02 Å². The number of rotatable bonds is 9. The Morgan fingerprint density at radius 1 is 0.743 bits per heavy atom. The quantitative estimate of drug-likeness (QED) is 0.247. The Balaban J connectivity index is 1.86. The summed E-state index contributed by atoms with van der Waals surface area (Å²) in [4.78, 5) is 18.3. The van der Waals surface area contributed by atoms with Gasteiger partial charge in [-0.3, -0.25) is 4.79 Å². The van der Waals surface area contributed by atoms with E-state index in [9.17, 15) is 4.79 Å². The van der Waals surface area contributed by atoms with Crippen molar-refractivity contribution in [3.63, 3.8) is 0 Å². The van der Waals surface area contributed by atoms with Gasteiger partial charge in [0.2, 0.25) is 0 Å².